The van der Waals surface area contributed by atoms with Crippen LogP contribution in [-0.2, 0) is 16.0 Å². The van der Waals surface area contributed by atoms with Gasteiger partial charge in [-0.3, -0.25) is 14.3 Å². The highest BCUT2D eigenvalue weighted by Gasteiger charge is 2.27. The zero-order valence-electron chi connectivity index (χ0n) is 21.3. The molecule has 0 unspecified atom stereocenters. The van der Waals surface area contributed by atoms with E-state index < -0.39 is 11.5 Å². The molecular weight excluding hydrogens is 462 g/mol. The van der Waals surface area contributed by atoms with E-state index in [0.717, 1.165) is 30.0 Å². The van der Waals surface area contributed by atoms with Gasteiger partial charge in [-0.25, -0.2) is 9.78 Å². The summed E-state index contributed by atoms with van der Waals surface area (Å²) in [5, 5.41) is 0.585. The van der Waals surface area contributed by atoms with Crippen molar-refractivity contribution in [2.45, 2.75) is 33.4 Å². The highest BCUT2D eigenvalue weighted by atomic mass is 16.5. The fourth-order valence-corrected chi connectivity index (χ4v) is 4.26. The van der Waals surface area contributed by atoms with Crippen LogP contribution in [0.3, 0.4) is 0 Å². The quantitative estimate of drug-likeness (QED) is 0.417. The van der Waals surface area contributed by atoms with Crippen LogP contribution < -0.4 is 15.0 Å². The maximum absolute atomic E-state index is 13.7. The lowest BCUT2D eigenvalue weighted by Crippen LogP contribution is -2.40. The Morgan fingerprint density at radius 2 is 1.83 bits per heavy atom. The van der Waals surface area contributed by atoms with Gasteiger partial charge in [-0.2, -0.15) is 0 Å². The third-order valence-electron chi connectivity index (χ3n) is 6.05. The molecule has 1 aromatic carbocycles. The SMILES string of the molecule is CCOC(=O)c1c(OC(C)C)c2cc(-c3ccc(OC)cc3)cnc2n(CCN2CCOCC2)c1=O. The van der Waals surface area contributed by atoms with Gasteiger partial charge in [0.15, 0.2) is 11.3 Å². The third kappa shape index (κ3) is 5.52. The number of esters is 1. The molecular formula is C27H33N3O6. The first kappa shape index (κ1) is 25.7. The molecule has 3 heterocycles. The number of nitrogens with zero attached hydrogens (tertiary/aromatic N) is 3. The summed E-state index contributed by atoms with van der Waals surface area (Å²) in [6.45, 7) is 9.48. The smallest absolute Gasteiger partial charge is 0.347 e. The molecule has 9 heteroatoms. The van der Waals surface area contributed by atoms with Crippen LogP contribution >= 0.6 is 0 Å². The fourth-order valence-electron chi connectivity index (χ4n) is 4.26. The molecule has 36 heavy (non-hydrogen) atoms. The number of pyridine rings is 2. The monoisotopic (exact) mass is 495 g/mol. The number of rotatable bonds is 9. The Bertz CT molecular complexity index is 1260. The van der Waals surface area contributed by atoms with Gasteiger partial charge in [0.25, 0.3) is 5.56 Å². The minimum Gasteiger partial charge on any atom is -0.497 e. The van der Waals surface area contributed by atoms with Crippen molar-refractivity contribution in [2.75, 3.05) is 46.6 Å². The van der Waals surface area contributed by atoms with Crippen molar-refractivity contribution in [1.29, 1.82) is 0 Å². The number of hydrogen-bond donors (Lipinski definition) is 0. The Morgan fingerprint density at radius 1 is 1.11 bits per heavy atom. The van der Waals surface area contributed by atoms with Crippen LogP contribution in [0.25, 0.3) is 22.2 Å². The second-order valence-electron chi connectivity index (χ2n) is 8.83. The van der Waals surface area contributed by atoms with Gasteiger partial charge in [0.05, 0.1) is 38.4 Å². The van der Waals surface area contributed by atoms with Crippen LogP contribution in [0.4, 0.5) is 0 Å². The normalized spacial score (nSPS) is 14.2. The van der Waals surface area contributed by atoms with E-state index in [2.05, 4.69) is 4.90 Å². The number of ether oxygens (including phenoxy) is 4. The van der Waals surface area contributed by atoms with E-state index in [1.54, 1.807) is 24.8 Å². The van der Waals surface area contributed by atoms with Gasteiger partial charge in [-0.15, -0.1) is 0 Å². The zero-order valence-corrected chi connectivity index (χ0v) is 21.3. The van der Waals surface area contributed by atoms with Gasteiger partial charge < -0.3 is 18.9 Å². The molecule has 4 rings (SSSR count). The Balaban J connectivity index is 1.89. The summed E-state index contributed by atoms with van der Waals surface area (Å²) >= 11 is 0. The molecule has 0 spiro atoms. The van der Waals surface area contributed by atoms with Crippen LogP contribution in [0, 0.1) is 0 Å². The van der Waals surface area contributed by atoms with Crippen LogP contribution in [0.5, 0.6) is 11.5 Å². The van der Waals surface area contributed by atoms with Gasteiger partial charge in [-0.1, -0.05) is 12.1 Å². The number of methoxy groups -OCH3 is 1. The summed E-state index contributed by atoms with van der Waals surface area (Å²) < 4.78 is 23.6. The standard InChI is InChI=1S/C27H33N3O6/c1-5-35-27(32)23-24(36-18(2)3)22-16-20(19-6-8-21(33-4)9-7-19)17-28-25(22)30(26(23)31)11-10-29-12-14-34-15-13-29/h6-9,16-18H,5,10-15H2,1-4H3. The molecule has 0 amide bonds. The summed E-state index contributed by atoms with van der Waals surface area (Å²) in [5.74, 6) is 0.252. The first-order chi connectivity index (χ1) is 17.4. The van der Waals surface area contributed by atoms with E-state index >= 15 is 0 Å². The highest BCUT2D eigenvalue weighted by Crippen LogP contribution is 2.32. The van der Waals surface area contributed by atoms with E-state index in [4.69, 9.17) is 23.9 Å². The highest BCUT2D eigenvalue weighted by molar-refractivity contribution is 6.00. The largest absolute Gasteiger partial charge is 0.497 e. The van der Waals surface area contributed by atoms with Crippen molar-refractivity contribution in [1.82, 2.24) is 14.5 Å². The average molecular weight is 496 g/mol. The molecule has 1 fully saturated rings. The van der Waals surface area contributed by atoms with Crippen molar-refractivity contribution in [2.24, 2.45) is 0 Å². The van der Waals surface area contributed by atoms with Crippen LogP contribution in [0.15, 0.2) is 41.3 Å². The lowest BCUT2D eigenvalue weighted by molar-refractivity contribution is 0.0364. The van der Waals surface area contributed by atoms with E-state index in [9.17, 15) is 9.59 Å². The summed E-state index contributed by atoms with van der Waals surface area (Å²) in [4.78, 5) is 33.6. The van der Waals surface area contributed by atoms with E-state index in [-0.39, 0.29) is 24.0 Å². The molecule has 1 aliphatic rings. The summed E-state index contributed by atoms with van der Waals surface area (Å²) in [6.07, 6.45) is 1.47. The molecule has 1 saturated heterocycles. The summed E-state index contributed by atoms with van der Waals surface area (Å²) in [6, 6.07) is 9.53. The number of hydrogen-bond acceptors (Lipinski definition) is 8. The van der Waals surface area contributed by atoms with Gasteiger partial charge >= 0.3 is 5.97 Å². The molecule has 0 aliphatic carbocycles. The Labute approximate surface area is 210 Å². The van der Waals surface area contributed by atoms with Crippen molar-refractivity contribution >= 4 is 17.0 Å². The first-order valence-electron chi connectivity index (χ1n) is 12.3. The van der Waals surface area contributed by atoms with E-state index in [0.29, 0.717) is 37.3 Å². The van der Waals surface area contributed by atoms with Crippen molar-refractivity contribution in [3.8, 4) is 22.6 Å². The Hall–Kier alpha value is -3.43. The average Bonchev–Trinajstić information content (AvgIpc) is 2.89. The predicted octanol–water partition coefficient (Wildman–Crippen LogP) is 3.37. The number of aromatic nitrogens is 2. The molecule has 2 aromatic heterocycles. The number of carbonyl (C=O) groups excluding carboxylic acids is 1. The lowest BCUT2D eigenvalue weighted by Gasteiger charge is -2.27. The summed E-state index contributed by atoms with van der Waals surface area (Å²) in [5.41, 5.74) is 1.65. The fraction of sp³-hybridized carbons (Fsp3) is 0.444. The second kappa shape index (κ2) is 11.5. The number of carbonyl (C=O) groups is 1. The maximum atomic E-state index is 13.7. The zero-order chi connectivity index (χ0) is 25.7. The Kier molecular flexibility index (Phi) is 8.22. The van der Waals surface area contributed by atoms with Crippen LogP contribution in [0.2, 0.25) is 0 Å². The van der Waals surface area contributed by atoms with Crippen molar-refractivity contribution < 1.29 is 23.7 Å². The molecule has 192 valence electrons. The molecule has 9 nitrogen and oxygen atoms in total. The number of morpholine rings is 1. The van der Waals surface area contributed by atoms with Crippen molar-refractivity contribution in [3.63, 3.8) is 0 Å². The lowest BCUT2D eigenvalue weighted by atomic mass is 10.0. The first-order valence-corrected chi connectivity index (χ1v) is 12.3. The predicted molar refractivity (Wildman–Crippen MR) is 137 cm³/mol. The Morgan fingerprint density at radius 3 is 2.47 bits per heavy atom. The molecule has 0 saturated carbocycles. The molecule has 0 radical (unpaired) electrons. The van der Waals surface area contributed by atoms with Crippen LogP contribution in [-0.4, -0.2) is 73.1 Å². The number of benzene rings is 1. The summed E-state index contributed by atoms with van der Waals surface area (Å²) in [7, 11) is 1.62. The molecule has 0 bridgehead atoms. The minimum absolute atomic E-state index is 0.103. The van der Waals surface area contributed by atoms with E-state index in [1.165, 1.54) is 0 Å². The molecule has 3 aromatic rings. The third-order valence-corrected chi connectivity index (χ3v) is 6.05. The molecule has 0 atom stereocenters. The van der Waals surface area contributed by atoms with Gasteiger partial charge in [0.1, 0.15) is 11.4 Å². The van der Waals surface area contributed by atoms with Crippen molar-refractivity contribution in [3.05, 3.63) is 52.4 Å². The second-order valence-corrected chi connectivity index (χ2v) is 8.83. The van der Waals surface area contributed by atoms with Crippen LogP contribution in [0.1, 0.15) is 31.1 Å². The maximum Gasteiger partial charge on any atom is 0.347 e. The molecule has 0 N–H and O–H groups in total. The van der Waals surface area contributed by atoms with Gasteiger partial charge in [-0.05, 0) is 44.5 Å². The number of fused-ring (bicyclic) bond motifs is 1. The van der Waals surface area contributed by atoms with Gasteiger partial charge in [0.2, 0.25) is 0 Å². The van der Waals surface area contributed by atoms with Gasteiger partial charge in [0, 0.05) is 37.9 Å². The topological polar surface area (TPSA) is 92.1 Å². The van der Waals surface area contributed by atoms with E-state index in [1.807, 2.05) is 44.2 Å². The molecule has 1 aliphatic heterocycles. The minimum atomic E-state index is -0.699.